The molecule has 2 aliphatic heterocycles. The van der Waals surface area contributed by atoms with Crippen molar-refractivity contribution in [3.05, 3.63) is 71.8 Å². The highest BCUT2D eigenvalue weighted by molar-refractivity contribution is 5.98. The third-order valence-corrected chi connectivity index (χ3v) is 9.38. The second-order valence-electron chi connectivity index (χ2n) is 15.0. The Morgan fingerprint density at radius 2 is 1.19 bits per heavy atom. The second kappa shape index (κ2) is 19.6. The quantitative estimate of drug-likeness (QED) is 0.152. The Bertz CT molecular complexity index is 1480. The first-order valence-electron chi connectivity index (χ1n) is 18.6. The van der Waals surface area contributed by atoms with Gasteiger partial charge in [-0.15, -0.1) is 0 Å². The van der Waals surface area contributed by atoms with Crippen LogP contribution in [-0.4, -0.2) is 104 Å². The summed E-state index contributed by atoms with van der Waals surface area (Å²) in [5, 5.41) is 11.7. The Labute approximate surface area is 308 Å². The minimum atomic E-state index is -1.03. The van der Waals surface area contributed by atoms with Gasteiger partial charge in [-0.2, -0.15) is 0 Å². The highest BCUT2D eigenvalue weighted by Gasteiger charge is 2.50. The van der Waals surface area contributed by atoms with Crippen LogP contribution in [-0.2, 0) is 46.3 Å². The topological polar surface area (TPSA) is 158 Å². The molecule has 4 rings (SSSR count). The Hall–Kier alpha value is -4.13. The molecule has 2 saturated heterocycles. The first kappa shape index (κ1) is 40.6. The molecule has 0 aromatic heterocycles. The van der Waals surface area contributed by atoms with E-state index in [0.717, 1.165) is 11.1 Å². The van der Waals surface area contributed by atoms with E-state index in [2.05, 4.69) is 21.3 Å². The molecule has 2 aromatic rings. The summed E-state index contributed by atoms with van der Waals surface area (Å²) in [6.45, 7) is 12.3. The molecule has 5 atom stereocenters. The third-order valence-electron chi connectivity index (χ3n) is 9.38. The summed E-state index contributed by atoms with van der Waals surface area (Å²) in [7, 11) is 0. The molecular formula is C40H57N5O7. The normalized spacial score (nSPS) is 19.6. The lowest BCUT2D eigenvalue weighted by molar-refractivity contribution is -0.135. The number of morpholine rings is 1. The Balaban J connectivity index is 1.51. The number of Topliss-reactive ketones (excluding diaryl/α,β-unsaturated/α-hetero) is 1. The fraction of sp³-hybridized carbons (Fsp3) is 0.575. The van der Waals surface area contributed by atoms with E-state index >= 15 is 0 Å². The third kappa shape index (κ3) is 13.1. The van der Waals surface area contributed by atoms with Crippen molar-refractivity contribution in [1.29, 1.82) is 0 Å². The zero-order valence-corrected chi connectivity index (χ0v) is 31.3. The molecule has 0 bridgehead atoms. The van der Waals surface area contributed by atoms with E-state index in [9.17, 15) is 24.0 Å². The smallest absolute Gasteiger partial charge is 0.243 e. The van der Waals surface area contributed by atoms with Crippen molar-refractivity contribution >= 4 is 29.4 Å². The van der Waals surface area contributed by atoms with Gasteiger partial charge in [0, 0.05) is 19.5 Å². The molecule has 2 aromatic carbocycles. The summed E-state index contributed by atoms with van der Waals surface area (Å²) >= 11 is 0. The van der Waals surface area contributed by atoms with Gasteiger partial charge in [0.25, 0.3) is 0 Å². The van der Waals surface area contributed by atoms with Gasteiger partial charge in [0.15, 0.2) is 5.78 Å². The van der Waals surface area contributed by atoms with Crippen LogP contribution in [0.25, 0.3) is 0 Å². The zero-order valence-electron chi connectivity index (χ0n) is 31.3. The summed E-state index contributed by atoms with van der Waals surface area (Å²) < 4.78 is 10.8. The van der Waals surface area contributed by atoms with Crippen molar-refractivity contribution in [1.82, 2.24) is 26.2 Å². The maximum atomic E-state index is 14.1. The minimum Gasteiger partial charge on any atom is -0.379 e. The number of hydrogen-bond acceptors (Lipinski definition) is 8. The number of ether oxygens (including phenoxy) is 2. The van der Waals surface area contributed by atoms with E-state index < -0.39 is 47.5 Å². The van der Waals surface area contributed by atoms with E-state index in [-0.39, 0.29) is 36.5 Å². The maximum absolute atomic E-state index is 14.1. The van der Waals surface area contributed by atoms with Crippen LogP contribution in [0.5, 0.6) is 0 Å². The highest BCUT2D eigenvalue weighted by atomic mass is 16.6. The standard InChI is InChI=1S/C40H57N5O7/c1-27(2)22-32(36(47)40(5)26-52-40)42-39(50)34(24-30-14-10-7-11-15-30)44-38(49)33(23-28(3)4)43-37(48)31(17-16-29-12-8-6-9-13-29)41-35(46)25-45-18-20-51-21-19-45/h6-15,27-28,31-34H,16-26H2,1-5H3,(H,41,46)(H,42,50)(H,43,48)(H,44,49)/t31-,32?,33+,34-,40?/m0/s1. The highest BCUT2D eigenvalue weighted by Crippen LogP contribution is 2.29. The molecule has 12 heteroatoms. The lowest BCUT2D eigenvalue weighted by Crippen LogP contribution is -2.59. The number of hydrogen-bond donors (Lipinski definition) is 4. The lowest BCUT2D eigenvalue weighted by atomic mass is 9.93. The van der Waals surface area contributed by atoms with E-state index in [0.29, 0.717) is 58.6 Å². The Kier molecular flexibility index (Phi) is 15.3. The molecule has 2 unspecified atom stereocenters. The molecule has 4 N–H and O–H groups in total. The molecule has 2 fully saturated rings. The van der Waals surface area contributed by atoms with Crippen LogP contribution in [0.2, 0.25) is 0 Å². The van der Waals surface area contributed by atoms with Crippen molar-refractivity contribution in [3.63, 3.8) is 0 Å². The number of nitrogens with one attached hydrogen (secondary N) is 4. The number of amides is 4. The number of epoxide rings is 1. The van der Waals surface area contributed by atoms with Crippen molar-refractivity contribution in [3.8, 4) is 0 Å². The van der Waals surface area contributed by atoms with Gasteiger partial charge >= 0.3 is 0 Å². The van der Waals surface area contributed by atoms with Crippen LogP contribution in [0.3, 0.4) is 0 Å². The van der Waals surface area contributed by atoms with E-state index in [4.69, 9.17) is 9.47 Å². The van der Waals surface area contributed by atoms with Crippen LogP contribution >= 0.6 is 0 Å². The molecule has 2 aliphatic rings. The first-order chi connectivity index (χ1) is 24.8. The van der Waals surface area contributed by atoms with Crippen LogP contribution in [0.1, 0.15) is 65.0 Å². The number of carbonyl (C=O) groups is 5. The average Bonchev–Trinajstić information content (AvgIpc) is 3.87. The summed E-state index contributed by atoms with van der Waals surface area (Å²) in [5.74, 6) is -1.83. The van der Waals surface area contributed by atoms with Crippen LogP contribution in [0, 0.1) is 11.8 Å². The van der Waals surface area contributed by atoms with Gasteiger partial charge in [-0.3, -0.25) is 28.9 Å². The molecule has 0 saturated carbocycles. The van der Waals surface area contributed by atoms with E-state index in [1.54, 1.807) is 6.92 Å². The number of aryl methyl sites for hydroxylation is 1. The van der Waals surface area contributed by atoms with E-state index in [1.807, 2.05) is 93.3 Å². The van der Waals surface area contributed by atoms with Crippen LogP contribution in [0.4, 0.5) is 0 Å². The Morgan fingerprint density at radius 3 is 1.77 bits per heavy atom. The first-order valence-corrected chi connectivity index (χ1v) is 18.6. The minimum absolute atomic E-state index is 0.0171. The summed E-state index contributed by atoms with van der Waals surface area (Å²) in [6, 6.07) is 15.3. The van der Waals surface area contributed by atoms with Gasteiger partial charge in [0.05, 0.1) is 32.4 Å². The number of carbonyl (C=O) groups excluding carboxylic acids is 5. The van der Waals surface area contributed by atoms with Gasteiger partial charge in [-0.25, -0.2) is 0 Å². The molecular weight excluding hydrogens is 662 g/mol. The van der Waals surface area contributed by atoms with Crippen molar-refractivity contribution < 1.29 is 33.4 Å². The number of ketones is 1. The SMILES string of the molecule is CC(C)CC(NC(=O)[C@H](Cc1ccccc1)NC(=O)[C@@H](CC(C)C)NC(=O)[C@H](CCc1ccccc1)NC(=O)CN1CCOCC1)C(=O)C1(C)CO1. The molecule has 0 aliphatic carbocycles. The predicted molar refractivity (Wildman–Crippen MR) is 198 cm³/mol. The molecule has 0 radical (unpaired) electrons. The van der Waals surface area contributed by atoms with E-state index in [1.165, 1.54) is 0 Å². The Morgan fingerprint density at radius 1 is 0.692 bits per heavy atom. The molecule has 52 heavy (non-hydrogen) atoms. The zero-order chi connectivity index (χ0) is 37.7. The summed E-state index contributed by atoms with van der Waals surface area (Å²) in [4.78, 5) is 70.5. The predicted octanol–water partition coefficient (Wildman–Crippen LogP) is 2.58. The van der Waals surface area contributed by atoms with Gasteiger partial charge < -0.3 is 30.7 Å². The van der Waals surface area contributed by atoms with Crippen molar-refractivity contribution in [2.45, 2.75) is 96.5 Å². The summed E-state index contributed by atoms with van der Waals surface area (Å²) in [5.41, 5.74) is 0.915. The van der Waals surface area contributed by atoms with Gasteiger partial charge in [-0.05, 0) is 55.6 Å². The lowest BCUT2D eigenvalue weighted by Gasteiger charge is -2.29. The van der Waals surface area contributed by atoms with Crippen molar-refractivity contribution in [2.75, 3.05) is 39.5 Å². The fourth-order valence-corrected chi connectivity index (χ4v) is 6.33. The molecule has 284 valence electrons. The number of nitrogens with zero attached hydrogens (tertiary/aromatic N) is 1. The molecule has 4 amide bonds. The summed E-state index contributed by atoms with van der Waals surface area (Å²) in [6.07, 6.45) is 1.76. The second-order valence-corrected chi connectivity index (χ2v) is 15.0. The van der Waals surface area contributed by atoms with Crippen LogP contribution < -0.4 is 21.3 Å². The van der Waals surface area contributed by atoms with Gasteiger partial charge in [-0.1, -0.05) is 88.4 Å². The average molecular weight is 720 g/mol. The number of benzene rings is 2. The number of rotatable bonds is 20. The fourth-order valence-electron chi connectivity index (χ4n) is 6.33. The van der Waals surface area contributed by atoms with Crippen LogP contribution in [0.15, 0.2) is 60.7 Å². The largest absolute Gasteiger partial charge is 0.379 e. The van der Waals surface area contributed by atoms with Gasteiger partial charge in [0.1, 0.15) is 23.7 Å². The van der Waals surface area contributed by atoms with Gasteiger partial charge in [0.2, 0.25) is 23.6 Å². The molecule has 0 spiro atoms. The molecule has 2 heterocycles. The molecule has 12 nitrogen and oxygen atoms in total. The monoisotopic (exact) mass is 719 g/mol. The maximum Gasteiger partial charge on any atom is 0.243 e. The van der Waals surface area contributed by atoms with Crippen molar-refractivity contribution in [2.24, 2.45) is 11.8 Å².